The maximum Gasteiger partial charge on any atom is 0.326 e. The van der Waals surface area contributed by atoms with Crippen molar-refractivity contribution in [3.05, 3.63) is 28.8 Å². The number of carboxylic acids is 1. The molecule has 1 aliphatic rings. The predicted octanol–water partition coefficient (Wildman–Crippen LogP) is 2.39. The Balaban J connectivity index is 2.35. The lowest BCUT2D eigenvalue weighted by Gasteiger charge is -2.27. The molecule has 114 valence electrons. The zero-order chi connectivity index (χ0) is 15.7. The number of amides is 1. The van der Waals surface area contributed by atoms with Gasteiger partial charge in [0.25, 0.3) is 5.91 Å². The van der Waals surface area contributed by atoms with Crippen LogP contribution in [0.15, 0.2) is 12.1 Å². The lowest BCUT2D eigenvalue weighted by molar-refractivity contribution is -0.141. The number of methoxy groups -OCH3 is 1. The van der Waals surface area contributed by atoms with Crippen LogP contribution in [-0.4, -0.2) is 41.1 Å². The van der Waals surface area contributed by atoms with Crippen LogP contribution in [0, 0.1) is 13.8 Å². The van der Waals surface area contributed by atoms with Gasteiger partial charge < -0.3 is 14.7 Å². The van der Waals surface area contributed by atoms with Crippen molar-refractivity contribution in [2.24, 2.45) is 0 Å². The van der Waals surface area contributed by atoms with Gasteiger partial charge in [-0.2, -0.15) is 0 Å². The largest absolute Gasteiger partial charge is 0.496 e. The molecule has 1 fully saturated rings. The molecule has 1 atom stereocenters. The van der Waals surface area contributed by atoms with Crippen molar-refractivity contribution in [3.63, 3.8) is 0 Å². The number of carbonyl (C=O) groups is 2. The number of hydrogen-bond donors (Lipinski definition) is 1. The van der Waals surface area contributed by atoms with Crippen LogP contribution in [0.1, 0.15) is 41.3 Å². The first kappa shape index (κ1) is 15.4. The van der Waals surface area contributed by atoms with E-state index in [1.807, 2.05) is 13.8 Å². The third-order valence-electron chi connectivity index (χ3n) is 3.86. The maximum absolute atomic E-state index is 12.7. The predicted molar refractivity (Wildman–Crippen MR) is 78.8 cm³/mol. The van der Waals surface area contributed by atoms with Crippen molar-refractivity contribution in [2.45, 2.75) is 45.7 Å². The molecule has 1 aromatic carbocycles. The fraction of sp³-hybridized carbons (Fsp3) is 0.500. The van der Waals surface area contributed by atoms with E-state index in [4.69, 9.17) is 4.74 Å². The molecule has 5 heteroatoms. The van der Waals surface area contributed by atoms with Crippen LogP contribution >= 0.6 is 0 Å². The second-order valence-electron chi connectivity index (χ2n) is 5.60. The molecule has 0 heterocycles. The molecule has 0 aromatic heterocycles. The Morgan fingerprint density at radius 1 is 1.29 bits per heavy atom. The van der Waals surface area contributed by atoms with Crippen LogP contribution in [0.2, 0.25) is 0 Å². The van der Waals surface area contributed by atoms with Crippen molar-refractivity contribution in [1.82, 2.24) is 4.90 Å². The summed E-state index contributed by atoms with van der Waals surface area (Å²) in [4.78, 5) is 25.4. The Labute approximate surface area is 124 Å². The molecule has 0 bridgehead atoms. The summed E-state index contributed by atoms with van der Waals surface area (Å²) >= 11 is 0. The Morgan fingerprint density at radius 2 is 1.81 bits per heavy atom. The normalized spacial score (nSPS) is 15.4. The minimum atomic E-state index is -0.975. The highest BCUT2D eigenvalue weighted by molar-refractivity contribution is 5.97. The summed E-state index contributed by atoms with van der Waals surface area (Å²) in [6, 6.07) is 2.76. The van der Waals surface area contributed by atoms with Crippen LogP contribution < -0.4 is 4.74 Å². The summed E-state index contributed by atoms with van der Waals surface area (Å²) in [6.07, 6.45) is 1.74. The Morgan fingerprint density at radius 3 is 2.19 bits per heavy atom. The molecule has 1 unspecified atom stereocenters. The SMILES string of the molecule is COc1c(C)cc(C(=O)N(C2CC2)C(C)C(=O)O)cc1C. The van der Waals surface area contributed by atoms with E-state index < -0.39 is 12.0 Å². The monoisotopic (exact) mass is 291 g/mol. The van der Waals surface area contributed by atoms with E-state index in [-0.39, 0.29) is 11.9 Å². The molecule has 1 N–H and O–H groups in total. The fourth-order valence-electron chi connectivity index (χ4n) is 2.67. The molecular formula is C16H21NO4. The maximum atomic E-state index is 12.7. The minimum absolute atomic E-state index is 0.0475. The quantitative estimate of drug-likeness (QED) is 0.904. The van der Waals surface area contributed by atoms with E-state index in [0.717, 1.165) is 29.7 Å². The highest BCUT2D eigenvalue weighted by Gasteiger charge is 2.38. The standard InChI is InChI=1S/C16H21NO4/c1-9-7-12(8-10(2)14(9)21-4)15(18)17(13-5-6-13)11(3)16(19)20/h7-8,11,13H,5-6H2,1-4H3,(H,19,20). The molecule has 0 spiro atoms. The molecule has 5 nitrogen and oxygen atoms in total. The molecule has 21 heavy (non-hydrogen) atoms. The van der Waals surface area contributed by atoms with Crippen LogP contribution in [0.3, 0.4) is 0 Å². The second kappa shape index (κ2) is 5.76. The highest BCUT2D eigenvalue weighted by Crippen LogP contribution is 2.32. The van der Waals surface area contributed by atoms with Gasteiger partial charge >= 0.3 is 5.97 Å². The average molecular weight is 291 g/mol. The van der Waals surface area contributed by atoms with Crippen molar-refractivity contribution in [3.8, 4) is 5.75 Å². The lowest BCUT2D eigenvalue weighted by atomic mass is 10.0. The van der Waals surface area contributed by atoms with Gasteiger partial charge in [-0.25, -0.2) is 4.79 Å². The van der Waals surface area contributed by atoms with Crippen LogP contribution in [-0.2, 0) is 4.79 Å². The first-order valence-corrected chi connectivity index (χ1v) is 7.07. The molecule has 1 aliphatic carbocycles. The number of benzene rings is 1. The number of aryl methyl sites for hydroxylation is 2. The summed E-state index contributed by atoms with van der Waals surface area (Å²) in [5.74, 6) is -0.436. The first-order chi connectivity index (χ1) is 9.86. The minimum Gasteiger partial charge on any atom is -0.496 e. The molecule has 0 aliphatic heterocycles. The zero-order valence-corrected chi connectivity index (χ0v) is 12.8. The van der Waals surface area contributed by atoms with Gasteiger partial charge in [0.15, 0.2) is 0 Å². The topological polar surface area (TPSA) is 66.8 Å². The van der Waals surface area contributed by atoms with Gasteiger partial charge in [0.2, 0.25) is 0 Å². The summed E-state index contributed by atoms with van der Waals surface area (Å²) in [5, 5.41) is 9.20. The number of nitrogens with zero attached hydrogens (tertiary/aromatic N) is 1. The summed E-state index contributed by atoms with van der Waals surface area (Å²) in [5.41, 5.74) is 2.27. The first-order valence-electron chi connectivity index (χ1n) is 7.07. The number of carboxylic acid groups (broad SMARTS) is 1. The molecule has 0 saturated heterocycles. The van der Waals surface area contributed by atoms with E-state index in [1.165, 1.54) is 4.90 Å². The zero-order valence-electron chi connectivity index (χ0n) is 12.8. The van der Waals surface area contributed by atoms with Gasteiger partial charge in [-0.05, 0) is 56.9 Å². The van der Waals surface area contributed by atoms with Crippen molar-refractivity contribution >= 4 is 11.9 Å². The lowest BCUT2D eigenvalue weighted by Crippen LogP contribution is -2.44. The number of hydrogen-bond acceptors (Lipinski definition) is 3. The van der Waals surface area contributed by atoms with Crippen molar-refractivity contribution < 1.29 is 19.4 Å². The molecule has 1 aromatic rings. The van der Waals surface area contributed by atoms with Gasteiger partial charge in [0.1, 0.15) is 11.8 Å². The number of aliphatic carboxylic acids is 1. The number of ether oxygens (including phenoxy) is 1. The van der Waals surface area contributed by atoms with Crippen LogP contribution in [0.4, 0.5) is 0 Å². The molecular weight excluding hydrogens is 270 g/mol. The summed E-state index contributed by atoms with van der Waals surface area (Å²) in [7, 11) is 1.60. The number of carbonyl (C=O) groups excluding carboxylic acids is 1. The van der Waals surface area contributed by atoms with Crippen LogP contribution in [0.5, 0.6) is 5.75 Å². The van der Waals surface area contributed by atoms with Gasteiger partial charge in [-0.3, -0.25) is 4.79 Å². The average Bonchev–Trinajstić information content (AvgIpc) is 3.22. The Bertz CT molecular complexity index is 555. The number of rotatable bonds is 5. The van der Waals surface area contributed by atoms with Crippen molar-refractivity contribution in [2.75, 3.05) is 7.11 Å². The Kier molecular flexibility index (Phi) is 4.21. The third kappa shape index (κ3) is 3.01. The van der Waals surface area contributed by atoms with Gasteiger partial charge in [-0.15, -0.1) is 0 Å². The van der Waals surface area contributed by atoms with Crippen LogP contribution in [0.25, 0.3) is 0 Å². The molecule has 1 amide bonds. The summed E-state index contributed by atoms with van der Waals surface area (Å²) in [6.45, 7) is 5.32. The molecule has 2 rings (SSSR count). The molecule has 1 saturated carbocycles. The highest BCUT2D eigenvalue weighted by atomic mass is 16.5. The van der Waals surface area contributed by atoms with Crippen molar-refractivity contribution in [1.29, 1.82) is 0 Å². The Hall–Kier alpha value is -2.04. The van der Waals surface area contributed by atoms with Gasteiger partial charge in [0, 0.05) is 11.6 Å². The van der Waals surface area contributed by atoms with Gasteiger partial charge in [-0.1, -0.05) is 0 Å². The fourth-order valence-corrected chi connectivity index (χ4v) is 2.67. The second-order valence-corrected chi connectivity index (χ2v) is 5.60. The van der Waals surface area contributed by atoms with E-state index in [9.17, 15) is 14.7 Å². The van der Waals surface area contributed by atoms with E-state index in [2.05, 4.69) is 0 Å². The van der Waals surface area contributed by atoms with E-state index in [1.54, 1.807) is 26.2 Å². The van der Waals surface area contributed by atoms with E-state index in [0.29, 0.717) is 5.56 Å². The summed E-state index contributed by atoms with van der Waals surface area (Å²) < 4.78 is 5.30. The van der Waals surface area contributed by atoms with E-state index >= 15 is 0 Å². The smallest absolute Gasteiger partial charge is 0.326 e. The third-order valence-corrected chi connectivity index (χ3v) is 3.86. The van der Waals surface area contributed by atoms with Gasteiger partial charge in [0.05, 0.1) is 7.11 Å². The molecule has 0 radical (unpaired) electrons.